The van der Waals surface area contributed by atoms with Crippen LogP contribution in [0.25, 0.3) is 0 Å². The lowest BCUT2D eigenvalue weighted by molar-refractivity contribution is -0.149. The van der Waals surface area contributed by atoms with Gasteiger partial charge in [-0.15, -0.1) is 24.0 Å². The molecule has 1 N–H and O–H groups in total. The third-order valence-corrected chi connectivity index (χ3v) is 5.57. The highest BCUT2D eigenvalue weighted by atomic mass is 127. The van der Waals surface area contributed by atoms with E-state index in [9.17, 15) is 4.79 Å². The van der Waals surface area contributed by atoms with Gasteiger partial charge in [0, 0.05) is 33.2 Å². The molecule has 176 valence electrons. The Morgan fingerprint density at radius 1 is 1.16 bits per heavy atom. The number of halogens is 1. The van der Waals surface area contributed by atoms with E-state index < -0.39 is 0 Å². The van der Waals surface area contributed by atoms with E-state index in [0.717, 1.165) is 57.3 Å². The Bertz CT molecular complexity index is 657. The molecule has 8 heteroatoms. The normalized spacial score (nSPS) is 14.9. The maximum absolute atomic E-state index is 11.9. The Kier molecular flexibility index (Phi) is 13.6. The Labute approximate surface area is 204 Å². The summed E-state index contributed by atoms with van der Waals surface area (Å²) in [7, 11) is 1.80. The number of likely N-dealkylation sites (N-methyl/N-ethyl adjacent to an activating group) is 1. The number of hydrogen-bond donors (Lipinski definition) is 1. The maximum Gasteiger partial charge on any atom is 0.309 e. The van der Waals surface area contributed by atoms with Crippen molar-refractivity contribution in [3.8, 4) is 5.75 Å². The predicted molar refractivity (Wildman–Crippen MR) is 136 cm³/mol. The van der Waals surface area contributed by atoms with Gasteiger partial charge in [-0.05, 0) is 50.6 Å². The van der Waals surface area contributed by atoms with Gasteiger partial charge in [-0.3, -0.25) is 9.79 Å². The van der Waals surface area contributed by atoms with E-state index in [-0.39, 0.29) is 35.9 Å². The lowest BCUT2D eigenvalue weighted by atomic mass is 9.97. The van der Waals surface area contributed by atoms with Crippen molar-refractivity contribution < 1.29 is 14.3 Å². The van der Waals surface area contributed by atoms with Gasteiger partial charge in [-0.2, -0.15) is 0 Å². The van der Waals surface area contributed by atoms with E-state index in [0.29, 0.717) is 19.8 Å². The summed E-state index contributed by atoms with van der Waals surface area (Å²) in [5, 5.41) is 3.43. The molecule has 1 aliphatic rings. The fraction of sp³-hybridized carbons (Fsp3) is 0.652. The van der Waals surface area contributed by atoms with E-state index >= 15 is 0 Å². The van der Waals surface area contributed by atoms with E-state index in [1.54, 1.807) is 7.05 Å². The monoisotopic (exact) mass is 546 g/mol. The number of aliphatic imine (C=N–C) groups is 1. The molecule has 1 aliphatic heterocycles. The fourth-order valence-corrected chi connectivity index (χ4v) is 3.64. The Morgan fingerprint density at radius 3 is 2.35 bits per heavy atom. The van der Waals surface area contributed by atoms with Gasteiger partial charge in [0.2, 0.25) is 0 Å². The molecule has 0 spiro atoms. The summed E-state index contributed by atoms with van der Waals surface area (Å²) in [6.07, 6.45) is 1.61. The summed E-state index contributed by atoms with van der Waals surface area (Å²) < 4.78 is 11.0. The Balaban J connectivity index is 0.00000480. The van der Waals surface area contributed by atoms with Crippen molar-refractivity contribution in [1.82, 2.24) is 15.1 Å². The summed E-state index contributed by atoms with van der Waals surface area (Å²) in [5.41, 5.74) is 1.17. The number of benzene rings is 1. The molecule has 1 aromatic carbocycles. The molecule has 1 heterocycles. The average Bonchev–Trinajstić information content (AvgIpc) is 2.78. The molecular weight excluding hydrogens is 507 g/mol. The van der Waals surface area contributed by atoms with Crippen LogP contribution in [0.3, 0.4) is 0 Å². The highest BCUT2D eigenvalue weighted by Crippen LogP contribution is 2.19. The molecule has 0 unspecified atom stereocenters. The number of guanidine groups is 1. The SMILES string of the molecule is CCOC(=O)C1CCN(C(=NC)NCc2ccc(OCCN(CC)CC)cc2)CC1.I. The fourth-order valence-electron chi connectivity index (χ4n) is 3.64. The van der Waals surface area contributed by atoms with E-state index in [2.05, 4.69) is 46.1 Å². The Hall–Kier alpha value is -1.55. The number of likely N-dealkylation sites (tertiary alicyclic amines) is 1. The van der Waals surface area contributed by atoms with Gasteiger partial charge in [0.25, 0.3) is 0 Å². The molecule has 1 aromatic rings. The lowest BCUT2D eigenvalue weighted by Crippen LogP contribution is -2.46. The zero-order valence-corrected chi connectivity index (χ0v) is 21.8. The molecule has 0 aromatic heterocycles. The van der Waals surface area contributed by atoms with Crippen molar-refractivity contribution in [2.75, 3.05) is 53.0 Å². The highest BCUT2D eigenvalue weighted by Gasteiger charge is 2.27. The molecular formula is C23H39IN4O3. The van der Waals surface area contributed by atoms with E-state index in [1.807, 2.05) is 19.1 Å². The molecule has 0 amide bonds. The van der Waals surface area contributed by atoms with Crippen molar-refractivity contribution in [2.45, 2.75) is 40.2 Å². The number of piperidine rings is 1. The van der Waals surface area contributed by atoms with Gasteiger partial charge in [-0.1, -0.05) is 26.0 Å². The predicted octanol–water partition coefficient (Wildman–Crippen LogP) is 3.38. The molecule has 7 nitrogen and oxygen atoms in total. The number of hydrogen-bond acceptors (Lipinski definition) is 5. The standard InChI is InChI=1S/C23H38N4O3.HI/c1-5-26(6-2)16-17-30-21-10-8-19(9-11-21)18-25-23(24-4)27-14-12-20(13-15-27)22(28)29-7-3;/h8-11,20H,5-7,12-18H2,1-4H3,(H,24,25);1H. The third kappa shape index (κ3) is 9.22. The third-order valence-electron chi connectivity index (χ3n) is 5.57. The van der Waals surface area contributed by atoms with Crippen molar-refractivity contribution in [3.63, 3.8) is 0 Å². The van der Waals surface area contributed by atoms with E-state index in [4.69, 9.17) is 9.47 Å². The number of nitrogens with zero attached hydrogens (tertiary/aromatic N) is 3. The van der Waals surface area contributed by atoms with Crippen LogP contribution in [0.15, 0.2) is 29.3 Å². The summed E-state index contributed by atoms with van der Waals surface area (Å²) in [6.45, 7) is 12.7. The van der Waals surface area contributed by atoms with Gasteiger partial charge < -0.3 is 24.6 Å². The minimum Gasteiger partial charge on any atom is -0.492 e. The molecule has 0 radical (unpaired) electrons. The van der Waals surface area contributed by atoms with Crippen LogP contribution in [0.5, 0.6) is 5.75 Å². The van der Waals surface area contributed by atoms with Crippen molar-refractivity contribution in [2.24, 2.45) is 10.9 Å². The smallest absolute Gasteiger partial charge is 0.309 e. The molecule has 31 heavy (non-hydrogen) atoms. The summed E-state index contributed by atoms with van der Waals surface area (Å²) in [6, 6.07) is 8.21. The van der Waals surface area contributed by atoms with Crippen LogP contribution in [-0.4, -0.2) is 74.7 Å². The maximum atomic E-state index is 11.9. The number of esters is 1. The number of carbonyl (C=O) groups is 1. The van der Waals surface area contributed by atoms with Crippen molar-refractivity contribution in [1.29, 1.82) is 0 Å². The number of carbonyl (C=O) groups excluding carboxylic acids is 1. The van der Waals surface area contributed by atoms with Gasteiger partial charge in [0.05, 0.1) is 12.5 Å². The zero-order valence-electron chi connectivity index (χ0n) is 19.4. The number of rotatable bonds is 10. The van der Waals surface area contributed by atoms with Gasteiger partial charge in [0.15, 0.2) is 5.96 Å². The largest absolute Gasteiger partial charge is 0.492 e. The number of nitrogens with one attached hydrogen (secondary N) is 1. The summed E-state index contributed by atoms with van der Waals surface area (Å²) >= 11 is 0. The molecule has 0 atom stereocenters. The first kappa shape index (κ1) is 27.5. The van der Waals surface area contributed by atoms with Crippen LogP contribution >= 0.6 is 24.0 Å². The molecule has 0 saturated carbocycles. The van der Waals surface area contributed by atoms with Crippen molar-refractivity contribution >= 4 is 35.9 Å². The van der Waals surface area contributed by atoms with Crippen molar-refractivity contribution in [3.05, 3.63) is 29.8 Å². The quantitative estimate of drug-likeness (QED) is 0.210. The first-order valence-electron chi connectivity index (χ1n) is 11.2. The van der Waals surface area contributed by atoms with Gasteiger partial charge in [-0.25, -0.2) is 0 Å². The second-order valence-corrected chi connectivity index (χ2v) is 7.43. The van der Waals surface area contributed by atoms with Crippen LogP contribution < -0.4 is 10.1 Å². The highest BCUT2D eigenvalue weighted by molar-refractivity contribution is 14.0. The molecule has 1 fully saturated rings. The molecule has 0 bridgehead atoms. The van der Waals surface area contributed by atoms with Crippen LogP contribution in [0, 0.1) is 5.92 Å². The van der Waals surface area contributed by atoms with Crippen LogP contribution in [0.1, 0.15) is 39.2 Å². The molecule has 2 rings (SSSR count). The van der Waals surface area contributed by atoms with E-state index in [1.165, 1.54) is 5.56 Å². The van der Waals surface area contributed by atoms with Crippen LogP contribution in [0.2, 0.25) is 0 Å². The first-order valence-corrected chi connectivity index (χ1v) is 11.2. The lowest BCUT2D eigenvalue weighted by Gasteiger charge is -2.33. The second kappa shape index (κ2) is 15.3. The minimum atomic E-state index is -0.0699. The summed E-state index contributed by atoms with van der Waals surface area (Å²) in [4.78, 5) is 20.9. The molecule has 0 aliphatic carbocycles. The zero-order chi connectivity index (χ0) is 21.8. The minimum absolute atomic E-state index is 0. The topological polar surface area (TPSA) is 66.4 Å². The summed E-state index contributed by atoms with van der Waals surface area (Å²) in [5.74, 6) is 1.71. The van der Waals surface area contributed by atoms with Crippen LogP contribution in [0.4, 0.5) is 0 Å². The second-order valence-electron chi connectivity index (χ2n) is 7.43. The number of ether oxygens (including phenoxy) is 2. The average molecular weight is 546 g/mol. The van der Waals surface area contributed by atoms with Gasteiger partial charge >= 0.3 is 5.97 Å². The molecule has 1 saturated heterocycles. The van der Waals surface area contributed by atoms with Crippen LogP contribution in [-0.2, 0) is 16.1 Å². The van der Waals surface area contributed by atoms with Gasteiger partial charge in [0.1, 0.15) is 12.4 Å². The Morgan fingerprint density at radius 2 is 1.81 bits per heavy atom. The first-order chi connectivity index (χ1) is 14.6.